The van der Waals surface area contributed by atoms with Gasteiger partial charge < -0.3 is 14.4 Å². The standard InChI is InChI=1S/C10H15N3O5S/c1-12-5-9(11-6-12)19(16,17)13-4-7(18-2)3-8(13)10(14)15/h5-8H,3-4H2,1-2H3,(H,14,15). The van der Waals surface area contributed by atoms with Crippen molar-refractivity contribution >= 4 is 16.0 Å². The Morgan fingerprint density at radius 3 is 2.74 bits per heavy atom. The molecule has 1 N–H and O–H groups in total. The Bertz CT molecular complexity index is 582. The molecule has 1 aliphatic heterocycles. The lowest BCUT2D eigenvalue weighted by atomic mass is 10.2. The minimum Gasteiger partial charge on any atom is -0.480 e. The maximum atomic E-state index is 12.4. The van der Waals surface area contributed by atoms with Gasteiger partial charge in [0.15, 0.2) is 5.03 Å². The van der Waals surface area contributed by atoms with Crippen molar-refractivity contribution in [3.63, 3.8) is 0 Å². The highest BCUT2D eigenvalue weighted by atomic mass is 32.2. The molecule has 2 atom stereocenters. The zero-order valence-electron chi connectivity index (χ0n) is 10.6. The first-order chi connectivity index (χ1) is 8.86. The molecule has 2 heterocycles. The van der Waals surface area contributed by atoms with Crippen molar-refractivity contribution in [2.24, 2.45) is 7.05 Å². The number of rotatable bonds is 4. The predicted octanol–water partition coefficient (Wildman–Crippen LogP) is -0.717. The normalized spacial score (nSPS) is 24.7. The van der Waals surface area contributed by atoms with Crippen LogP contribution >= 0.6 is 0 Å². The summed E-state index contributed by atoms with van der Waals surface area (Å²) in [5.74, 6) is -1.18. The minimum atomic E-state index is -3.91. The third-order valence-electron chi connectivity index (χ3n) is 3.09. The van der Waals surface area contributed by atoms with E-state index in [2.05, 4.69) is 4.98 Å². The Morgan fingerprint density at radius 1 is 1.58 bits per heavy atom. The van der Waals surface area contributed by atoms with E-state index in [-0.39, 0.29) is 18.0 Å². The molecule has 19 heavy (non-hydrogen) atoms. The lowest BCUT2D eigenvalue weighted by Gasteiger charge is -2.19. The Balaban J connectivity index is 2.36. The highest BCUT2D eigenvalue weighted by molar-refractivity contribution is 7.89. The van der Waals surface area contributed by atoms with Crippen LogP contribution in [0.3, 0.4) is 0 Å². The smallest absolute Gasteiger partial charge is 0.322 e. The van der Waals surface area contributed by atoms with Crippen molar-refractivity contribution in [2.45, 2.75) is 23.6 Å². The number of aromatic nitrogens is 2. The maximum Gasteiger partial charge on any atom is 0.322 e. The van der Waals surface area contributed by atoms with Gasteiger partial charge >= 0.3 is 5.97 Å². The minimum absolute atomic E-state index is 0.0202. The van der Waals surface area contributed by atoms with E-state index in [0.717, 1.165) is 4.31 Å². The van der Waals surface area contributed by atoms with Crippen LogP contribution in [0.5, 0.6) is 0 Å². The zero-order valence-corrected chi connectivity index (χ0v) is 11.4. The molecule has 1 saturated heterocycles. The number of hydrogen-bond acceptors (Lipinski definition) is 5. The number of carboxylic acid groups (broad SMARTS) is 1. The lowest BCUT2D eigenvalue weighted by molar-refractivity contribution is -0.140. The van der Waals surface area contributed by atoms with Crippen molar-refractivity contribution in [1.82, 2.24) is 13.9 Å². The SMILES string of the molecule is COC1CC(C(=O)O)N(S(=O)(=O)c2cn(C)cn2)C1. The third-order valence-corrected chi connectivity index (χ3v) is 4.85. The van der Waals surface area contributed by atoms with Crippen molar-refractivity contribution in [1.29, 1.82) is 0 Å². The van der Waals surface area contributed by atoms with Crippen LogP contribution in [-0.2, 0) is 26.6 Å². The van der Waals surface area contributed by atoms with Crippen molar-refractivity contribution in [3.05, 3.63) is 12.5 Å². The molecule has 2 unspecified atom stereocenters. The summed E-state index contributed by atoms with van der Waals surface area (Å²) in [6.07, 6.45) is 2.42. The van der Waals surface area contributed by atoms with Crippen LogP contribution in [0.15, 0.2) is 17.6 Å². The predicted molar refractivity (Wildman–Crippen MR) is 63.9 cm³/mol. The highest BCUT2D eigenvalue weighted by Crippen LogP contribution is 2.26. The summed E-state index contributed by atoms with van der Waals surface area (Å²) in [5, 5.41) is 8.97. The van der Waals surface area contributed by atoms with Gasteiger partial charge in [-0.25, -0.2) is 13.4 Å². The molecule has 8 nitrogen and oxygen atoms in total. The second kappa shape index (κ2) is 4.91. The first kappa shape index (κ1) is 14.0. The summed E-state index contributed by atoms with van der Waals surface area (Å²) in [6.45, 7) is 0.0202. The summed E-state index contributed by atoms with van der Waals surface area (Å²) in [7, 11) is -0.842. The topological polar surface area (TPSA) is 102 Å². The van der Waals surface area contributed by atoms with Gasteiger partial charge in [-0.3, -0.25) is 4.79 Å². The highest BCUT2D eigenvalue weighted by Gasteiger charge is 2.44. The van der Waals surface area contributed by atoms with E-state index in [9.17, 15) is 13.2 Å². The summed E-state index contributed by atoms with van der Waals surface area (Å²) in [5.41, 5.74) is 0. The van der Waals surface area contributed by atoms with E-state index in [0.29, 0.717) is 0 Å². The second-order valence-electron chi connectivity index (χ2n) is 4.40. The molecule has 9 heteroatoms. The van der Waals surface area contributed by atoms with Crippen molar-refractivity contribution < 1.29 is 23.1 Å². The van der Waals surface area contributed by atoms with Crippen molar-refractivity contribution in [2.75, 3.05) is 13.7 Å². The fraction of sp³-hybridized carbons (Fsp3) is 0.600. The van der Waals surface area contributed by atoms with Gasteiger partial charge in [0, 0.05) is 33.3 Å². The molecule has 0 aromatic carbocycles. The number of aryl methyl sites for hydroxylation is 1. The lowest BCUT2D eigenvalue weighted by Crippen LogP contribution is -2.40. The average Bonchev–Trinajstić information content (AvgIpc) is 2.94. The van der Waals surface area contributed by atoms with Crippen LogP contribution in [0.1, 0.15) is 6.42 Å². The monoisotopic (exact) mass is 289 g/mol. The van der Waals surface area contributed by atoms with E-state index in [4.69, 9.17) is 9.84 Å². The molecule has 1 fully saturated rings. The van der Waals surface area contributed by atoms with Crippen LogP contribution in [0, 0.1) is 0 Å². The molecule has 0 aliphatic carbocycles. The van der Waals surface area contributed by atoms with Gasteiger partial charge in [-0.2, -0.15) is 4.31 Å². The van der Waals surface area contributed by atoms with Gasteiger partial charge in [0.05, 0.1) is 12.4 Å². The summed E-state index contributed by atoms with van der Waals surface area (Å²) in [4.78, 5) is 14.9. The number of sulfonamides is 1. The number of imidazole rings is 1. The molecule has 0 amide bonds. The van der Waals surface area contributed by atoms with Gasteiger partial charge in [0.2, 0.25) is 0 Å². The average molecular weight is 289 g/mol. The maximum absolute atomic E-state index is 12.4. The molecular weight excluding hydrogens is 274 g/mol. The number of carboxylic acids is 1. The number of ether oxygens (including phenoxy) is 1. The molecule has 0 radical (unpaired) electrons. The number of methoxy groups -OCH3 is 1. The Kier molecular flexibility index (Phi) is 3.61. The molecule has 0 bridgehead atoms. The quantitative estimate of drug-likeness (QED) is 0.785. The van der Waals surface area contributed by atoms with Gasteiger partial charge in [-0.05, 0) is 0 Å². The molecule has 1 aliphatic rings. The Morgan fingerprint density at radius 2 is 2.26 bits per heavy atom. The summed E-state index contributed by atoms with van der Waals surface area (Å²) < 4.78 is 32.2. The second-order valence-corrected chi connectivity index (χ2v) is 6.24. The van der Waals surface area contributed by atoms with Gasteiger partial charge in [0.25, 0.3) is 10.0 Å². The third kappa shape index (κ3) is 2.48. The van der Waals surface area contributed by atoms with Crippen LogP contribution < -0.4 is 0 Å². The number of carbonyl (C=O) groups is 1. The Labute approximate surface area is 110 Å². The summed E-state index contributed by atoms with van der Waals surface area (Å²) >= 11 is 0. The fourth-order valence-electron chi connectivity index (χ4n) is 2.07. The molecule has 106 valence electrons. The van der Waals surface area contributed by atoms with E-state index in [1.165, 1.54) is 24.2 Å². The van der Waals surface area contributed by atoms with Crippen molar-refractivity contribution in [3.8, 4) is 0 Å². The molecule has 0 spiro atoms. The number of nitrogens with zero attached hydrogens (tertiary/aromatic N) is 3. The molecule has 0 saturated carbocycles. The van der Waals surface area contributed by atoms with Gasteiger partial charge in [-0.1, -0.05) is 0 Å². The fourth-order valence-corrected chi connectivity index (χ4v) is 3.67. The van der Waals surface area contributed by atoms with E-state index >= 15 is 0 Å². The van der Waals surface area contributed by atoms with Crippen LogP contribution in [0.4, 0.5) is 0 Å². The molecule has 2 rings (SSSR count). The first-order valence-corrected chi connectivity index (χ1v) is 7.05. The summed E-state index contributed by atoms with van der Waals surface area (Å²) in [6, 6.07) is -1.11. The van der Waals surface area contributed by atoms with Crippen LogP contribution in [0.2, 0.25) is 0 Å². The van der Waals surface area contributed by atoms with E-state index in [1.54, 1.807) is 7.05 Å². The number of hydrogen-bond donors (Lipinski definition) is 1. The molecule has 1 aromatic heterocycles. The largest absolute Gasteiger partial charge is 0.480 e. The molecular formula is C10H15N3O5S. The van der Waals surface area contributed by atoms with Crippen LogP contribution in [-0.4, -0.2) is 59.2 Å². The van der Waals surface area contributed by atoms with Gasteiger partial charge in [0.1, 0.15) is 6.04 Å². The number of aliphatic carboxylic acids is 1. The van der Waals surface area contributed by atoms with Crippen LogP contribution in [0.25, 0.3) is 0 Å². The van der Waals surface area contributed by atoms with Gasteiger partial charge in [-0.15, -0.1) is 0 Å². The van der Waals surface area contributed by atoms with E-state index < -0.39 is 28.1 Å². The first-order valence-electron chi connectivity index (χ1n) is 5.61. The molecule has 1 aromatic rings. The Hall–Kier alpha value is -1.45. The van der Waals surface area contributed by atoms with E-state index in [1.807, 2.05) is 0 Å². The zero-order chi connectivity index (χ0) is 14.2.